The number of carbonyl (C=O) groups excluding carboxylic acids is 2. The zero-order chi connectivity index (χ0) is 14.2. The van der Waals surface area contributed by atoms with Crippen LogP contribution in [0.5, 0.6) is 0 Å². The van der Waals surface area contributed by atoms with E-state index < -0.39 is 17.4 Å². The van der Waals surface area contributed by atoms with Gasteiger partial charge in [-0.25, -0.2) is 9.18 Å². The summed E-state index contributed by atoms with van der Waals surface area (Å²) in [7, 11) is 0. The Kier molecular flexibility index (Phi) is 2.98. The van der Waals surface area contributed by atoms with Gasteiger partial charge in [0.25, 0.3) is 5.91 Å². The van der Waals surface area contributed by atoms with E-state index in [1.165, 1.54) is 12.1 Å². The number of nitriles is 1. The third-order valence-corrected chi connectivity index (χ3v) is 2.87. The van der Waals surface area contributed by atoms with Crippen molar-refractivity contribution in [2.24, 2.45) is 0 Å². The lowest BCUT2D eigenvalue weighted by Gasteiger charge is -2.16. The highest BCUT2D eigenvalue weighted by molar-refractivity contribution is 6.06. The summed E-state index contributed by atoms with van der Waals surface area (Å²) in [6.07, 6.45) is 0. The quantitative estimate of drug-likeness (QED) is 0.820. The van der Waals surface area contributed by atoms with Crippen molar-refractivity contribution in [1.82, 2.24) is 10.2 Å². The molecule has 2 rings (SSSR count). The topological polar surface area (TPSA) is 73.2 Å². The van der Waals surface area contributed by atoms with Gasteiger partial charge in [-0.05, 0) is 37.6 Å². The number of imide groups is 1. The molecule has 3 amide bonds. The van der Waals surface area contributed by atoms with Crippen LogP contribution in [0.15, 0.2) is 18.2 Å². The maximum atomic E-state index is 13.3. The van der Waals surface area contributed by atoms with Crippen LogP contribution >= 0.6 is 0 Å². The molecule has 1 aromatic carbocycles. The average molecular weight is 261 g/mol. The Morgan fingerprint density at radius 3 is 2.58 bits per heavy atom. The zero-order valence-corrected chi connectivity index (χ0v) is 10.5. The largest absolute Gasteiger partial charge is 0.325 e. The first-order chi connectivity index (χ1) is 8.83. The molecule has 1 fully saturated rings. The number of rotatable bonds is 2. The second-order valence-corrected chi connectivity index (χ2v) is 4.91. The van der Waals surface area contributed by atoms with Crippen LogP contribution in [0.4, 0.5) is 9.18 Å². The van der Waals surface area contributed by atoms with Gasteiger partial charge >= 0.3 is 6.03 Å². The van der Waals surface area contributed by atoms with Gasteiger partial charge in [0.2, 0.25) is 0 Å². The van der Waals surface area contributed by atoms with Crippen molar-refractivity contribution in [2.45, 2.75) is 25.9 Å². The summed E-state index contributed by atoms with van der Waals surface area (Å²) in [5.74, 6) is -0.944. The second kappa shape index (κ2) is 4.35. The highest BCUT2D eigenvalue weighted by Crippen LogP contribution is 2.20. The summed E-state index contributed by atoms with van der Waals surface area (Å²) in [5, 5.41) is 11.3. The lowest BCUT2D eigenvalue weighted by Crippen LogP contribution is -2.40. The molecule has 0 saturated carbocycles. The van der Waals surface area contributed by atoms with Crippen molar-refractivity contribution >= 4 is 11.9 Å². The summed E-state index contributed by atoms with van der Waals surface area (Å²) in [5.41, 5.74) is -0.401. The van der Waals surface area contributed by atoms with Gasteiger partial charge in [0.05, 0.1) is 18.2 Å². The van der Waals surface area contributed by atoms with Crippen LogP contribution in [0.1, 0.15) is 25.0 Å². The van der Waals surface area contributed by atoms with Gasteiger partial charge in [-0.2, -0.15) is 5.26 Å². The molecule has 1 N–H and O–H groups in total. The number of carbonyl (C=O) groups is 2. The molecular formula is C13H12FN3O2. The van der Waals surface area contributed by atoms with Crippen molar-refractivity contribution in [1.29, 1.82) is 5.26 Å². The molecule has 6 heteroatoms. The molecule has 1 aliphatic rings. The average Bonchev–Trinajstić information content (AvgIpc) is 2.51. The first-order valence-corrected chi connectivity index (χ1v) is 5.67. The minimum absolute atomic E-state index is 0.0550. The van der Waals surface area contributed by atoms with Gasteiger partial charge in [0, 0.05) is 0 Å². The maximum absolute atomic E-state index is 13.3. The number of nitrogens with zero attached hydrogens (tertiary/aromatic N) is 2. The van der Waals surface area contributed by atoms with Crippen LogP contribution in [-0.4, -0.2) is 22.4 Å². The van der Waals surface area contributed by atoms with E-state index in [-0.39, 0.29) is 18.0 Å². The minimum Gasteiger partial charge on any atom is -0.324 e. The van der Waals surface area contributed by atoms with Gasteiger partial charge in [-0.3, -0.25) is 9.69 Å². The Balaban J connectivity index is 2.28. The summed E-state index contributed by atoms with van der Waals surface area (Å²) >= 11 is 0. The molecule has 0 spiro atoms. The highest BCUT2D eigenvalue weighted by atomic mass is 19.1. The molecular weight excluding hydrogens is 249 g/mol. The first kappa shape index (κ1) is 13.0. The van der Waals surface area contributed by atoms with Crippen LogP contribution in [0, 0.1) is 17.1 Å². The third kappa shape index (κ3) is 2.40. The Hall–Kier alpha value is -2.42. The van der Waals surface area contributed by atoms with Gasteiger partial charge in [-0.15, -0.1) is 0 Å². The van der Waals surface area contributed by atoms with Gasteiger partial charge in [0.1, 0.15) is 11.4 Å². The standard InChI is InChI=1S/C13H12FN3O2/c1-13(2)11(18)17(12(19)16-13)7-9-3-8(6-15)4-10(14)5-9/h3-5H,7H2,1-2H3,(H,16,19). The Labute approximate surface area is 109 Å². The number of urea groups is 1. The Morgan fingerprint density at radius 1 is 1.37 bits per heavy atom. The highest BCUT2D eigenvalue weighted by Gasteiger charge is 2.44. The third-order valence-electron chi connectivity index (χ3n) is 2.87. The van der Waals surface area contributed by atoms with E-state index in [0.717, 1.165) is 11.0 Å². The molecule has 1 aromatic rings. The lowest BCUT2D eigenvalue weighted by atomic mass is 10.1. The predicted molar refractivity (Wildman–Crippen MR) is 64.3 cm³/mol. The molecule has 1 saturated heterocycles. The predicted octanol–water partition coefficient (Wildman–Crippen LogP) is 1.53. The molecule has 0 bridgehead atoms. The van der Waals surface area contributed by atoms with E-state index in [9.17, 15) is 14.0 Å². The first-order valence-electron chi connectivity index (χ1n) is 5.67. The van der Waals surface area contributed by atoms with Crippen molar-refractivity contribution in [3.05, 3.63) is 35.1 Å². The number of hydrogen-bond donors (Lipinski definition) is 1. The number of amides is 3. The van der Waals surface area contributed by atoms with Gasteiger partial charge in [-0.1, -0.05) is 0 Å². The smallest absolute Gasteiger partial charge is 0.324 e. The molecule has 0 aliphatic carbocycles. The summed E-state index contributed by atoms with van der Waals surface area (Å²) in [4.78, 5) is 24.7. The summed E-state index contributed by atoms with van der Waals surface area (Å²) in [6.45, 7) is 3.14. The molecule has 0 atom stereocenters. The molecule has 0 aromatic heterocycles. The fraction of sp³-hybridized carbons (Fsp3) is 0.308. The fourth-order valence-corrected chi connectivity index (χ4v) is 1.95. The van der Waals surface area contributed by atoms with E-state index >= 15 is 0 Å². The van der Waals surface area contributed by atoms with Crippen molar-refractivity contribution in [2.75, 3.05) is 0 Å². The molecule has 98 valence electrons. The molecule has 5 nitrogen and oxygen atoms in total. The summed E-state index contributed by atoms with van der Waals surface area (Å²) in [6, 6.07) is 5.06. The minimum atomic E-state index is -0.956. The van der Waals surface area contributed by atoms with E-state index in [1.807, 2.05) is 6.07 Å². The van der Waals surface area contributed by atoms with Crippen LogP contribution in [-0.2, 0) is 11.3 Å². The van der Waals surface area contributed by atoms with E-state index in [4.69, 9.17) is 5.26 Å². The SMILES string of the molecule is CC1(C)NC(=O)N(Cc2cc(F)cc(C#N)c2)C1=O. The molecule has 1 aliphatic heterocycles. The lowest BCUT2D eigenvalue weighted by molar-refractivity contribution is -0.130. The van der Waals surface area contributed by atoms with Crippen molar-refractivity contribution < 1.29 is 14.0 Å². The van der Waals surface area contributed by atoms with Gasteiger partial charge in [0.15, 0.2) is 0 Å². The van der Waals surface area contributed by atoms with Gasteiger partial charge < -0.3 is 5.32 Å². The number of halogens is 1. The Morgan fingerprint density at radius 2 is 2.05 bits per heavy atom. The van der Waals surface area contributed by atoms with E-state index in [2.05, 4.69) is 5.32 Å². The molecule has 0 radical (unpaired) electrons. The normalized spacial score (nSPS) is 17.3. The van der Waals surface area contributed by atoms with Crippen LogP contribution < -0.4 is 5.32 Å². The number of hydrogen-bond acceptors (Lipinski definition) is 3. The molecule has 0 unspecified atom stereocenters. The Bertz CT molecular complexity index is 604. The van der Waals surface area contributed by atoms with Crippen molar-refractivity contribution in [3.63, 3.8) is 0 Å². The van der Waals surface area contributed by atoms with Crippen LogP contribution in [0.3, 0.4) is 0 Å². The summed E-state index contributed by atoms with van der Waals surface area (Å²) < 4.78 is 13.3. The van der Waals surface area contributed by atoms with Crippen molar-refractivity contribution in [3.8, 4) is 6.07 Å². The monoisotopic (exact) mass is 261 g/mol. The maximum Gasteiger partial charge on any atom is 0.325 e. The molecule has 1 heterocycles. The number of nitrogens with one attached hydrogen (secondary N) is 1. The zero-order valence-electron chi connectivity index (χ0n) is 10.5. The van der Waals surface area contributed by atoms with Crippen LogP contribution in [0.25, 0.3) is 0 Å². The van der Waals surface area contributed by atoms with E-state index in [0.29, 0.717) is 5.56 Å². The second-order valence-electron chi connectivity index (χ2n) is 4.91. The molecule has 19 heavy (non-hydrogen) atoms. The van der Waals surface area contributed by atoms with E-state index in [1.54, 1.807) is 13.8 Å². The van der Waals surface area contributed by atoms with Crippen LogP contribution in [0.2, 0.25) is 0 Å². The fourth-order valence-electron chi connectivity index (χ4n) is 1.95. The number of benzene rings is 1.